The van der Waals surface area contributed by atoms with Crippen molar-refractivity contribution in [3.63, 3.8) is 0 Å². The minimum absolute atomic E-state index is 0.0578. The summed E-state index contributed by atoms with van der Waals surface area (Å²) in [7, 11) is 0. The SMILES string of the molecule is CC(=O)O[C@H]1[C@@H]2[C@@H]3S[C@H]4[C@@H]5C[C@@H]([C@@H]2[C@H]53)[C@@H]14. The molecule has 4 aliphatic carbocycles. The molecule has 0 aromatic rings. The highest BCUT2D eigenvalue weighted by molar-refractivity contribution is 8.01. The normalized spacial score (nSPS) is 70.1. The van der Waals surface area contributed by atoms with E-state index >= 15 is 0 Å². The molecule has 0 aromatic carbocycles. The highest BCUT2D eigenvalue weighted by Gasteiger charge is 2.82. The molecule has 0 amide bonds. The van der Waals surface area contributed by atoms with E-state index in [9.17, 15) is 4.79 Å². The van der Waals surface area contributed by atoms with Crippen LogP contribution in [0.2, 0.25) is 0 Å². The van der Waals surface area contributed by atoms with Gasteiger partial charge in [-0.15, -0.1) is 0 Å². The zero-order chi connectivity index (χ0) is 9.89. The first-order valence-corrected chi connectivity index (χ1v) is 7.04. The van der Waals surface area contributed by atoms with E-state index in [-0.39, 0.29) is 5.97 Å². The molecule has 1 aliphatic heterocycles. The molecule has 5 fully saturated rings. The first-order chi connectivity index (χ1) is 7.27. The fraction of sp³-hybridized carbons (Fsp3) is 0.917. The summed E-state index contributed by atoms with van der Waals surface area (Å²) in [4.78, 5) is 11.2. The van der Waals surface area contributed by atoms with E-state index in [4.69, 9.17) is 4.74 Å². The van der Waals surface area contributed by atoms with Crippen LogP contribution in [0.25, 0.3) is 0 Å². The first-order valence-electron chi connectivity index (χ1n) is 6.10. The summed E-state index contributed by atoms with van der Waals surface area (Å²) < 4.78 is 5.62. The van der Waals surface area contributed by atoms with Crippen molar-refractivity contribution < 1.29 is 9.53 Å². The molecule has 0 radical (unpaired) electrons. The van der Waals surface area contributed by atoms with Gasteiger partial charge in [0.05, 0.1) is 0 Å². The molecule has 5 rings (SSSR count). The molecule has 0 spiro atoms. The van der Waals surface area contributed by atoms with Crippen LogP contribution in [0.5, 0.6) is 0 Å². The van der Waals surface area contributed by atoms with Crippen molar-refractivity contribution in [2.24, 2.45) is 35.5 Å². The van der Waals surface area contributed by atoms with Gasteiger partial charge < -0.3 is 4.74 Å². The van der Waals surface area contributed by atoms with Crippen LogP contribution in [0.4, 0.5) is 0 Å². The Hall–Kier alpha value is -0.180. The number of thioether (sulfide) groups is 1. The van der Waals surface area contributed by atoms with Crippen LogP contribution >= 0.6 is 11.8 Å². The minimum Gasteiger partial charge on any atom is -0.462 e. The highest BCUT2D eigenvalue weighted by Crippen LogP contribution is 2.82. The Labute approximate surface area is 93.1 Å². The molecule has 0 aromatic heterocycles. The van der Waals surface area contributed by atoms with Gasteiger partial charge in [0, 0.05) is 29.3 Å². The average Bonchev–Trinajstić information content (AvgIpc) is 2.62. The number of hydrogen-bond acceptors (Lipinski definition) is 3. The summed E-state index contributed by atoms with van der Waals surface area (Å²) in [6.07, 6.45) is 1.78. The molecule has 80 valence electrons. The molecule has 4 saturated carbocycles. The molecule has 0 unspecified atom stereocenters. The number of rotatable bonds is 1. The lowest BCUT2D eigenvalue weighted by Crippen LogP contribution is -2.49. The van der Waals surface area contributed by atoms with E-state index in [1.165, 1.54) is 6.42 Å². The molecule has 9 atom stereocenters. The van der Waals surface area contributed by atoms with Crippen molar-refractivity contribution in [2.75, 3.05) is 0 Å². The maximum absolute atomic E-state index is 11.2. The molecule has 3 heteroatoms. The van der Waals surface area contributed by atoms with E-state index in [2.05, 4.69) is 11.8 Å². The van der Waals surface area contributed by atoms with Crippen LogP contribution < -0.4 is 0 Å². The van der Waals surface area contributed by atoms with Crippen LogP contribution in [0.15, 0.2) is 0 Å². The second kappa shape index (κ2) is 2.11. The monoisotopic (exact) mass is 222 g/mol. The van der Waals surface area contributed by atoms with E-state index in [1.807, 2.05) is 0 Å². The Bertz CT molecular complexity index is 376. The molecule has 1 saturated heterocycles. The van der Waals surface area contributed by atoms with Crippen LogP contribution in [0.3, 0.4) is 0 Å². The fourth-order valence-electron chi connectivity index (χ4n) is 5.83. The topological polar surface area (TPSA) is 26.3 Å². The second-order valence-corrected chi connectivity index (χ2v) is 7.37. The molecule has 0 N–H and O–H groups in total. The van der Waals surface area contributed by atoms with E-state index in [1.54, 1.807) is 6.92 Å². The van der Waals surface area contributed by atoms with Gasteiger partial charge in [-0.25, -0.2) is 0 Å². The Kier molecular flexibility index (Phi) is 1.12. The highest BCUT2D eigenvalue weighted by atomic mass is 32.2. The average molecular weight is 222 g/mol. The molecule has 15 heavy (non-hydrogen) atoms. The van der Waals surface area contributed by atoms with Crippen molar-refractivity contribution in [1.82, 2.24) is 0 Å². The van der Waals surface area contributed by atoms with Gasteiger partial charge in [0.15, 0.2) is 0 Å². The van der Waals surface area contributed by atoms with Crippen LogP contribution in [0, 0.1) is 35.5 Å². The quantitative estimate of drug-likeness (QED) is 0.630. The summed E-state index contributed by atoms with van der Waals surface area (Å²) in [5, 5.41) is 1.74. The van der Waals surface area contributed by atoms with Gasteiger partial charge in [-0.3, -0.25) is 4.79 Å². The maximum Gasteiger partial charge on any atom is 0.302 e. The first kappa shape index (κ1) is 7.99. The zero-order valence-electron chi connectivity index (χ0n) is 8.63. The number of esters is 1. The summed E-state index contributed by atoms with van der Waals surface area (Å²) in [6, 6.07) is 0. The van der Waals surface area contributed by atoms with Crippen molar-refractivity contribution in [2.45, 2.75) is 29.9 Å². The van der Waals surface area contributed by atoms with Crippen LogP contribution in [-0.4, -0.2) is 22.6 Å². The predicted octanol–water partition coefficient (Wildman–Crippen LogP) is 1.54. The summed E-state index contributed by atoms with van der Waals surface area (Å²) in [5.41, 5.74) is 0. The smallest absolute Gasteiger partial charge is 0.302 e. The van der Waals surface area contributed by atoms with Crippen molar-refractivity contribution in [1.29, 1.82) is 0 Å². The molecule has 2 nitrogen and oxygen atoms in total. The van der Waals surface area contributed by atoms with Crippen LogP contribution in [-0.2, 0) is 9.53 Å². The van der Waals surface area contributed by atoms with E-state index in [0.717, 1.165) is 46.0 Å². The lowest BCUT2D eigenvalue weighted by molar-refractivity contribution is -0.152. The third-order valence-electron chi connectivity index (χ3n) is 5.85. The van der Waals surface area contributed by atoms with E-state index in [0.29, 0.717) is 6.10 Å². The summed E-state index contributed by atoms with van der Waals surface area (Å²) >= 11 is 2.25. The Balaban J connectivity index is 1.61. The molecular weight excluding hydrogens is 208 g/mol. The Morgan fingerprint density at radius 2 is 2.00 bits per heavy atom. The fourth-order valence-corrected chi connectivity index (χ4v) is 8.30. The third-order valence-corrected chi connectivity index (χ3v) is 7.77. The standard InChI is InChI=1S/C12H14O2S/c1-3(13)14-10-8-4-2-5-7-6(4)9(10)12(7)15-11(5)8/h4-12H,2H2,1H3/t4-,5+,6+,7-,8-,9+,10+,11-,12+/m0/s1. The van der Waals surface area contributed by atoms with Gasteiger partial charge in [0.25, 0.3) is 0 Å². The van der Waals surface area contributed by atoms with E-state index < -0.39 is 0 Å². The molecule has 1 heterocycles. The number of ether oxygens (including phenoxy) is 1. The van der Waals surface area contributed by atoms with Crippen LogP contribution in [0.1, 0.15) is 13.3 Å². The van der Waals surface area contributed by atoms with Gasteiger partial charge in [0.1, 0.15) is 6.10 Å². The Morgan fingerprint density at radius 3 is 2.80 bits per heavy atom. The lowest BCUT2D eigenvalue weighted by atomic mass is 9.63. The Morgan fingerprint density at radius 1 is 1.13 bits per heavy atom. The van der Waals surface area contributed by atoms with Crippen molar-refractivity contribution >= 4 is 17.7 Å². The summed E-state index contributed by atoms with van der Waals surface area (Å²) in [5.74, 6) is 5.38. The third kappa shape index (κ3) is 0.620. The molecule has 5 aliphatic rings. The van der Waals surface area contributed by atoms with Gasteiger partial charge in [-0.05, 0) is 30.1 Å². The van der Waals surface area contributed by atoms with Gasteiger partial charge in [-0.1, -0.05) is 0 Å². The zero-order valence-corrected chi connectivity index (χ0v) is 9.44. The minimum atomic E-state index is -0.0578. The number of fused-ring (bicyclic) bond motifs is 2. The van der Waals surface area contributed by atoms with Crippen molar-refractivity contribution in [3.8, 4) is 0 Å². The largest absolute Gasteiger partial charge is 0.462 e. The van der Waals surface area contributed by atoms with Gasteiger partial charge in [-0.2, -0.15) is 11.8 Å². The van der Waals surface area contributed by atoms with Gasteiger partial charge in [0.2, 0.25) is 0 Å². The molecular formula is C12H14O2S. The second-order valence-electron chi connectivity index (χ2n) is 6.01. The maximum atomic E-state index is 11.2. The number of hydrogen-bond donors (Lipinski definition) is 0. The summed E-state index contributed by atoms with van der Waals surface area (Å²) in [6.45, 7) is 1.57. The lowest BCUT2D eigenvalue weighted by Gasteiger charge is -2.46. The number of carbonyl (C=O) groups is 1. The predicted molar refractivity (Wildman–Crippen MR) is 56.3 cm³/mol. The molecule has 2 bridgehead atoms. The van der Waals surface area contributed by atoms with Crippen molar-refractivity contribution in [3.05, 3.63) is 0 Å². The number of carbonyl (C=O) groups excluding carboxylic acids is 1. The van der Waals surface area contributed by atoms with Gasteiger partial charge >= 0.3 is 5.97 Å².